The molecule has 1 fully saturated rings. The van der Waals surface area contributed by atoms with E-state index in [0.717, 1.165) is 5.69 Å². The normalized spacial score (nSPS) is 26.3. The Morgan fingerprint density at radius 2 is 2.29 bits per heavy atom. The zero-order valence-electron chi connectivity index (χ0n) is 11.1. The molecule has 1 saturated heterocycles. The van der Waals surface area contributed by atoms with Crippen LogP contribution in [0.3, 0.4) is 0 Å². The number of piperidine rings is 1. The molecule has 0 amide bonds. The summed E-state index contributed by atoms with van der Waals surface area (Å²) in [5, 5.41) is 14.2. The number of hydrogen-bond donors (Lipinski definition) is 1. The van der Waals surface area contributed by atoms with E-state index in [2.05, 4.69) is 20.5 Å². The van der Waals surface area contributed by atoms with Gasteiger partial charge in [0.1, 0.15) is 4.90 Å². The van der Waals surface area contributed by atoms with E-state index in [1.54, 1.807) is 6.20 Å². The number of rotatable bonds is 2. The minimum atomic E-state index is -3.52. The molecule has 0 aliphatic carbocycles. The maximum absolute atomic E-state index is 12.5. The van der Waals surface area contributed by atoms with E-state index in [9.17, 15) is 8.42 Å². The van der Waals surface area contributed by atoms with Gasteiger partial charge in [-0.1, -0.05) is 5.21 Å². The van der Waals surface area contributed by atoms with E-state index in [0.29, 0.717) is 26.1 Å². The van der Waals surface area contributed by atoms with Crippen LogP contribution in [0.4, 0.5) is 0 Å². The third-order valence-electron chi connectivity index (χ3n) is 4.01. The van der Waals surface area contributed by atoms with Crippen LogP contribution in [0.5, 0.6) is 0 Å². The summed E-state index contributed by atoms with van der Waals surface area (Å²) in [4.78, 5) is 0.179. The van der Waals surface area contributed by atoms with E-state index in [4.69, 9.17) is 4.74 Å². The zero-order chi connectivity index (χ0) is 14.4. The van der Waals surface area contributed by atoms with Crippen molar-refractivity contribution in [1.29, 1.82) is 0 Å². The van der Waals surface area contributed by atoms with E-state index in [-0.39, 0.29) is 17.0 Å². The van der Waals surface area contributed by atoms with Gasteiger partial charge in [-0.2, -0.15) is 9.40 Å². The van der Waals surface area contributed by atoms with E-state index in [1.807, 2.05) is 4.68 Å². The van der Waals surface area contributed by atoms with Gasteiger partial charge in [-0.15, -0.1) is 5.10 Å². The first-order valence-electron chi connectivity index (χ1n) is 6.66. The molecule has 21 heavy (non-hydrogen) atoms. The van der Waals surface area contributed by atoms with Crippen molar-refractivity contribution in [3.8, 4) is 0 Å². The maximum atomic E-state index is 12.5. The van der Waals surface area contributed by atoms with Crippen LogP contribution in [0.2, 0.25) is 0 Å². The van der Waals surface area contributed by atoms with Crippen molar-refractivity contribution in [2.24, 2.45) is 0 Å². The van der Waals surface area contributed by atoms with Crippen molar-refractivity contribution in [2.75, 3.05) is 13.1 Å². The van der Waals surface area contributed by atoms with Crippen LogP contribution in [0.1, 0.15) is 18.2 Å². The molecule has 0 radical (unpaired) electrons. The summed E-state index contributed by atoms with van der Waals surface area (Å²) in [5.74, 6) is 0. The second-order valence-corrected chi connectivity index (χ2v) is 7.11. The predicted octanol–water partition coefficient (Wildman–Crippen LogP) is -0.464. The van der Waals surface area contributed by atoms with Gasteiger partial charge in [0.25, 0.3) is 0 Å². The van der Waals surface area contributed by atoms with Gasteiger partial charge in [0, 0.05) is 19.3 Å². The van der Waals surface area contributed by atoms with Crippen LogP contribution >= 0.6 is 0 Å². The Morgan fingerprint density at radius 1 is 1.38 bits per heavy atom. The number of sulfonamides is 1. The van der Waals surface area contributed by atoms with Gasteiger partial charge >= 0.3 is 0 Å². The van der Waals surface area contributed by atoms with Crippen molar-refractivity contribution < 1.29 is 13.2 Å². The molecule has 0 bridgehead atoms. The Balaban J connectivity index is 1.59. The van der Waals surface area contributed by atoms with Gasteiger partial charge in [-0.3, -0.25) is 5.10 Å². The van der Waals surface area contributed by atoms with Gasteiger partial charge in [-0.05, 0) is 6.42 Å². The summed E-state index contributed by atoms with van der Waals surface area (Å²) in [6.07, 6.45) is 4.84. The summed E-state index contributed by atoms with van der Waals surface area (Å²) in [6.45, 7) is 1.16. The van der Waals surface area contributed by atoms with Crippen LogP contribution in [-0.2, 0) is 21.4 Å². The molecule has 2 aliphatic heterocycles. The standard InChI is InChI=1S/C11H14N6O3S/c18-21(19,9-4-12-13-5-9)16-2-1-10-11(6-16)20-7-8-3-14-15-17(8)10/h3-5,10-11H,1-2,6-7H2,(H,12,13)/t10-,11-/m0/s1. The molecule has 0 spiro atoms. The molecule has 0 unspecified atom stereocenters. The van der Waals surface area contributed by atoms with Gasteiger partial charge in [0.15, 0.2) is 0 Å². The maximum Gasteiger partial charge on any atom is 0.246 e. The average Bonchev–Trinajstić information content (AvgIpc) is 3.17. The molecule has 9 nitrogen and oxygen atoms in total. The largest absolute Gasteiger partial charge is 0.368 e. The first-order valence-corrected chi connectivity index (χ1v) is 8.10. The number of aromatic nitrogens is 5. The van der Waals surface area contributed by atoms with Crippen molar-refractivity contribution in [3.63, 3.8) is 0 Å². The second kappa shape index (κ2) is 4.61. The lowest BCUT2D eigenvalue weighted by Crippen LogP contribution is -2.50. The number of aromatic amines is 1. The van der Waals surface area contributed by atoms with Gasteiger partial charge in [0.2, 0.25) is 10.0 Å². The minimum Gasteiger partial charge on any atom is -0.368 e. The number of nitrogens with zero attached hydrogens (tertiary/aromatic N) is 5. The highest BCUT2D eigenvalue weighted by Crippen LogP contribution is 2.32. The highest BCUT2D eigenvalue weighted by atomic mass is 32.2. The minimum absolute atomic E-state index is 0.0482. The fourth-order valence-electron chi connectivity index (χ4n) is 2.91. The highest BCUT2D eigenvalue weighted by molar-refractivity contribution is 7.89. The fourth-order valence-corrected chi connectivity index (χ4v) is 4.28. The summed E-state index contributed by atoms with van der Waals surface area (Å²) >= 11 is 0. The quantitative estimate of drug-likeness (QED) is 0.804. The highest BCUT2D eigenvalue weighted by Gasteiger charge is 2.40. The third-order valence-corrected chi connectivity index (χ3v) is 5.84. The monoisotopic (exact) mass is 310 g/mol. The van der Waals surface area contributed by atoms with Crippen LogP contribution in [-0.4, -0.2) is 57.1 Å². The average molecular weight is 310 g/mol. The molecule has 2 atom stereocenters. The number of H-pyrrole nitrogens is 1. The Morgan fingerprint density at radius 3 is 3.10 bits per heavy atom. The summed E-state index contributed by atoms with van der Waals surface area (Å²) in [7, 11) is -3.52. The molecule has 4 heterocycles. The number of fused-ring (bicyclic) bond motifs is 3. The summed E-state index contributed by atoms with van der Waals surface area (Å²) < 4.78 is 34.1. The molecule has 0 saturated carbocycles. The van der Waals surface area contributed by atoms with E-state index < -0.39 is 10.0 Å². The van der Waals surface area contributed by atoms with Crippen LogP contribution in [0.15, 0.2) is 23.5 Å². The smallest absolute Gasteiger partial charge is 0.246 e. The lowest BCUT2D eigenvalue weighted by atomic mass is 10.0. The first-order chi connectivity index (χ1) is 10.2. The molecule has 112 valence electrons. The van der Waals surface area contributed by atoms with Crippen LogP contribution in [0, 0.1) is 0 Å². The lowest BCUT2D eigenvalue weighted by Gasteiger charge is -2.40. The molecule has 4 rings (SSSR count). The molecule has 2 aromatic rings. The molecule has 2 aliphatic rings. The van der Waals surface area contributed by atoms with Crippen LogP contribution in [0.25, 0.3) is 0 Å². The molecular formula is C11H14N6O3S. The Kier molecular flexibility index (Phi) is 2.84. The number of nitrogens with one attached hydrogen (secondary N) is 1. The first kappa shape index (κ1) is 12.9. The molecule has 2 aromatic heterocycles. The van der Waals surface area contributed by atoms with Gasteiger partial charge in [0.05, 0.1) is 36.8 Å². The SMILES string of the molecule is O=S(=O)(c1cn[nH]c1)N1CC[C@H]2[C@H](C1)OCc1cnnn12. The zero-order valence-corrected chi connectivity index (χ0v) is 11.9. The summed E-state index contributed by atoms with van der Waals surface area (Å²) in [5.41, 5.74) is 0.933. The summed E-state index contributed by atoms with van der Waals surface area (Å²) in [6, 6.07) is 0.0482. The van der Waals surface area contributed by atoms with Crippen molar-refractivity contribution in [2.45, 2.75) is 30.1 Å². The van der Waals surface area contributed by atoms with E-state index >= 15 is 0 Å². The molecule has 1 N–H and O–H groups in total. The second-order valence-electron chi connectivity index (χ2n) is 5.17. The van der Waals surface area contributed by atoms with Crippen molar-refractivity contribution in [1.82, 2.24) is 29.5 Å². The van der Waals surface area contributed by atoms with Gasteiger partial charge < -0.3 is 4.74 Å². The van der Waals surface area contributed by atoms with Crippen molar-refractivity contribution in [3.05, 3.63) is 24.3 Å². The molecule has 0 aromatic carbocycles. The lowest BCUT2D eigenvalue weighted by molar-refractivity contribution is -0.0543. The fraction of sp³-hybridized carbons (Fsp3) is 0.545. The number of ether oxygens (including phenoxy) is 1. The van der Waals surface area contributed by atoms with Crippen molar-refractivity contribution >= 4 is 10.0 Å². The molecular weight excluding hydrogens is 296 g/mol. The Bertz CT molecular complexity index is 740. The van der Waals surface area contributed by atoms with E-state index in [1.165, 1.54) is 16.7 Å². The Labute approximate surface area is 120 Å². The molecule has 10 heteroatoms. The predicted molar refractivity (Wildman–Crippen MR) is 69.6 cm³/mol. The third kappa shape index (κ3) is 1.98. The van der Waals surface area contributed by atoms with Crippen LogP contribution < -0.4 is 0 Å². The topological polar surface area (TPSA) is 106 Å². The van der Waals surface area contributed by atoms with Gasteiger partial charge in [-0.25, -0.2) is 13.1 Å². The number of hydrogen-bond acceptors (Lipinski definition) is 6. The Hall–Kier alpha value is -1.78.